The summed E-state index contributed by atoms with van der Waals surface area (Å²) in [5.41, 5.74) is 3.83. The molecule has 4 aromatic rings. The molecule has 0 unspecified atom stereocenters. The Hall–Kier alpha value is -3.52. The standard InChI is InChI=1S/C23H22N4O3S/c1-15-11-16(2)13-17(12-15)24-21(28)14-31-23-26-25-22(20-5-4-10-30-20)27(23)18-6-8-19(29-3)9-7-18/h4-13H,14H2,1-3H3,(H,24,28). The van der Waals surface area contributed by atoms with Gasteiger partial charge in [0.1, 0.15) is 5.75 Å². The zero-order valence-corrected chi connectivity index (χ0v) is 18.3. The SMILES string of the molecule is COc1ccc(-n2c(SCC(=O)Nc3cc(C)cc(C)c3)nnc2-c2ccco2)cc1. The number of rotatable bonds is 7. The molecule has 2 aromatic heterocycles. The molecule has 0 aliphatic carbocycles. The number of nitrogens with one attached hydrogen (secondary N) is 1. The Morgan fingerprint density at radius 3 is 2.48 bits per heavy atom. The number of anilines is 1. The number of thioether (sulfide) groups is 1. The highest BCUT2D eigenvalue weighted by Gasteiger charge is 2.19. The number of aryl methyl sites for hydroxylation is 2. The molecule has 0 atom stereocenters. The van der Waals surface area contributed by atoms with Crippen molar-refractivity contribution in [3.05, 3.63) is 72.0 Å². The minimum Gasteiger partial charge on any atom is -0.497 e. The van der Waals surface area contributed by atoms with Crippen molar-refractivity contribution < 1.29 is 13.9 Å². The third-order valence-corrected chi connectivity index (χ3v) is 5.47. The minimum absolute atomic E-state index is 0.112. The first kappa shape index (κ1) is 20.7. The molecule has 0 radical (unpaired) electrons. The summed E-state index contributed by atoms with van der Waals surface area (Å²) in [4.78, 5) is 12.6. The van der Waals surface area contributed by atoms with Crippen LogP contribution in [0.25, 0.3) is 17.3 Å². The molecule has 2 aromatic carbocycles. The normalized spacial score (nSPS) is 10.8. The molecule has 8 heteroatoms. The molecule has 0 saturated carbocycles. The van der Waals surface area contributed by atoms with Gasteiger partial charge in [-0.05, 0) is 73.5 Å². The molecule has 0 bridgehead atoms. The van der Waals surface area contributed by atoms with Gasteiger partial charge in [-0.25, -0.2) is 0 Å². The molecule has 0 aliphatic rings. The van der Waals surface area contributed by atoms with Crippen LogP contribution in [0, 0.1) is 13.8 Å². The van der Waals surface area contributed by atoms with Gasteiger partial charge in [0, 0.05) is 5.69 Å². The topological polar surface area (TPSA) is 82.2 Å². The maximum absolute atomic E-state index is 12.6. The van der Waals surface area contributed by atoms with E-state index in [0.717, 1.165) is 28.3 Å². The van der Waals surface area contributed by atoms with E-state index < -0.39 is 0 Å². The number of methoxy groups -OCH3 is 1. The fraction of sp³-hybridized carbons (Fsp3) is 0.174. The van der Waals surface area contributed by atoms with Crippen molar-refractivity contribution in [2.75, 3.05) is 18.2 Å². The van der Waals surface area contributed by atoms with Crippen molar-refractivity contribution in [3.8, 4) is 23.0 Å². The Labute approximate surface area is 184 Å². The van der Waals surface area contributed by atoms with Crippen LogP contribution in [0.3, 0.4) is 0 Å². The van der Waals surface area contributed by atoms with E-state index in [1.807, 2.05) is 60.9 Å². The maximum atomic E-state index is 12.6. The molecule has 0 spiro atoms. The Morgan fingerprint density at radius 1 is 1.10 bits per heavy atom. The maximum Gasteiger partial charge on any atom is 0.234 e. The Bertz CT molecular complexity index is 1160. The zero-order chi connectivity index (χ0) is 21.8. The summed E-state index contributed by atoms with van der Waals surface area (Å²) >= 11 is 1.31. The van der Waals surface area contributed by atoms with E-state index in [4.69, 9.17) is 9.15 Å². The molecule has 0 fully saturated rings. The van der Waals surface area contributed by atoms with Gasteiger partial charge < -0.3 is 14.5 Å². The molecule has 0 aliphatic heterocycles. The molecule has 2 heterocycles. The van der Waals surface area contributed by atoms with E-state index in [1.54, 1.807) is 19.4 Å². The average molecular weight is 435 g/mol. The van der Waals surface area contributed by atoms with Gasteiger partial charge in [-0.1, -0.05) is 17.8 Å². The predicted octanol–water partition coefficient (Wildman–Crippen LogP) is 4.88. The van der Waals surface area contributed by atoms with Crippen molar-refractivity contribution in [3.63, 3.8) is 0 Å². The number of ether oxygens (including phenoxy) is 1. The summed E-state index contributed by atoms with van der Waals surface area (Å²) in [7, 11) is 1.62. The molecular formula is C23H22N4O3S. The van der Waals surface area contributed by atoms with Crippen LogP contribution in [0.15, 0.2) is 70.4 Å². The van der Waals surface area contributed by atoms with Crippen LogP contribution >= 0.6 is 11.8 Å². The first-order valence-corrected chi connectivity index (χ1v) is 10.7. The monoisotopic (exact) mass is 434 g/mol. The van der Waals surface area contributed by atoms with E-state index in [0.29, 0.717) is 16.7 Å². The molecular weight excluding hydrogens is 412 g/mol. The van der Waals surface area contributed by atoms with Crippen molar-refractivity contribution >= 4 is 23.4 Å². The van der Waals surface area contributed by atoms with Gasteiger partial charge in [-0.15, -0.1) is 10.2 Å². The van der Waals surface area contributed by atoms with Gasteiger partial charge in [0.15, 0.2) is 10.9 Å². The molecule has 31 heavy (non-hydrogen) atoms. The molecule has 4 rings (SSSR count). The Balaban J connectivity index is 1.57. The van der Waals surface area contributed by atoms with Crippen LogP contribution < -0.4 is 10.1 Å². The fourth-order valence-electron chi connectivity index (χ4n) is 3.27. The van der Waals surface area contributed by atoms with Gasteiger partial charge in [0.25, 0.3) is 0 Å². The number of carbonyl (C=O) groups is 1. The molecule has 7 nitrogen and oxygen atoms in total. The minimum atomic E-state index is -0.112. The smallest absolute Gasteiger partial charge is 0.234 e. The van der Waals surface area contributed by atoms with Gasteiger partial charge in [-0.2, -0.15) is 0 Å². The van der Waals surface area contributed by atoms with Crippen LogP contribution in [0.1, 0.15) is 11.1 Å². The third kappa shape index (κ3) is 4.80. The first-order chi connectivity index (χ1) is 15.0. The number of furan rings is 1. The van der Waals surface area contributed by atoms with E-state index >= 15 is 0 Å². The first-order valence-electron chi connectivity index (χ1n) is 9.68. The van der Waals surface area contributed by atoms with E-state index in [-0.39, 0.29) is 11.7 Å². The second kappa shape index (κ2) is 9.09. The third-order valence-electron chi connectivity index (χ3n) is 4.54. The second-order valence-electron chi connectivity index (χ2n) is 7.03. The largest absolute Gasteiger partial charge is 0.497 e. The van der Waals surface area contributed by atoms with Crippen molar-refractivity contribution in [2.45, 2.75) is 19.0 Å². The average Bonchev–Trinajstić information content (AvgIpc) is 3.41. The summed E-state index contributed by atoms with van der Waals surface area (Å²) in [5.74, 6) is 1.99. The number of carbonyl (C=O) groups excluding carboxylic acids is 1. The van der Waals surface area contributed by atoms with Crippen molar-refractivity contribution in [1.29, 1.82) is 0 Å². The lowest BCUT2D eigenvalue weighted by Crippen LogP contribution is -2.14. The lowest BCUT2D eigenvalue weighted by molar-refractivity contribution is -0.113. The summed E-state index contributed by atoms with van der Waals surface area (Å²) in [6.07, 6.45) is 1.59. The summed E-state index contributed by atoms with van der Waals surface area (Å²) in [6.45, 7) is 4.01. The van der Waals surface area contributed by atoms with Gasteiger partial charge in [0.05, 0.1) is 24.8 Å². The molecule has 1 amide bonds. The lowest BCUT2D eigenvalue weighted by Gasteiger charge is -2.10. The quantitative estimate of drug-likeness (QED) is 0.417. The highest BCUT2D eigenvalue weighted by Crippen LogP contribution is 2.29. The molecule has 0 saturated heterocycles. The van der Waals surface area contributed by atoms with E-state index in [1.165, 1.54) is 11.8 Å². The summed E-state index contributed by atoms with van der Waals surface area (Å²) in [5, 5.41) is 12.1. The van der Waals surface area contributed by atoms with Crippen LogP contribution in [-0.4, -0.2) is 33.5 Å². The van der Waals surface area contributed by atoms with E-state index in [2.05, 4.69) is 21.6 Å². The fourth-order valence-corrected chi connectivity index (χ4v) is 4.02. The lowest BCUT2D eigenvalue weighted by atomic mass is 10.1. The van der Waals surface area contributed by atoms with Crippen LogP contribution in [-0.2, 0) is 4.79 Å². The number of aromatic nitrogens is 3. The highest BCUT2D eigenvalue weighted by atomic mass is 32.2. The molecule has 158 valence electrons. The number of amides is 1. The van der Waals surface area contributed by atoms with Gasteiger partial charge in [-0.3, -0.25) is 9.36 Å². The second-order valence-corrected chi connectivity index (χ2v) is 7.97. The number of hydrogen-bond acceptors (Lipinski definition) is 6. The molecule has 1 N–H and O–H groups in total. The summed E-state index contributed by atoms with van der Waals surface area (Å²) < 4.78 is 12.7. The van der Waals surface area contributed by atoms with Gasteiger partial charge >= 0.3 is 0 Å². The van der Waals surface area contributed by atoms with Crippen LogP contribution in [0.5, 0.6) is 5.75 Å². The Kier molecular flexibility index (Phi) is 6.08. The predicted molar refractivity (Wildman–Crippen MR) is 121 cm³/mol. The van der Waals surface area contributed by atoms with Gasteiger partial charge in [0.2, 0.25) is 11.7 Å². The van der Waals surface area contributed by atoms with Crippen LogP contribution in [0.4, 0.5) is 5.69 Å². The van der Waals surface area contributed by atoms with E-state index in [9.17, 15) is 4.79 Å². The van der Waals surface area contributed by atoms with Crippen molar-refractivity contribution in [1.82, 2.24) is 14.8 Å². The number of nitrogens with zero attached hydrogens (tertiary/aromatic N) is 3. The number of hydrogen-bond donors (Lipinski definition) is 1. The number of benzene rings is 2. The summed E-state index contributed by atoms with van der Waals surface area (Å²) in [6, 6.07) is 17.1. The van der Waals surface area contributed by atoms with Crippen molar-refractivity contribution in [2.24, 2.45) is 0 Å². The zero-order valence-electron chi connectivity index (χ0n) is 17.5. The Morgan fingerprint density at radius 2 is 1.84 bits per heavy atom. The van der Waals surface area contributed by atoms with Crippen LogP contribution in [0.2, 0.25) is 0 Å². The highest BCUT2D eigenvalue weighted by molar-refractivity contribution is 7.99.